The first kappa shape index (κ1) is 15.7. The van der Waals surface area contributed by atoms with Gasteiger partial charge in [-0.3, -0.25) is 0 Å². The van der Waals surface area contributed by atoms with Crippen molar-refractivity contribution in [3.63, 3.8) is 0 Å². The van der Waals surface area contributed by atoms with Crippen LogP contribution in [0.3, 0.4) is 0 Å². The molecule has 8 nitrogen and oxygen atoms in total. The van der Waals surface area contributed by atoms with Crippen molar-refractivity contribution in [2.24, 2.45) is 0 Å². The van der Waals surface area contributed by atoms with Crippen molar-refractivity contribution in [1.29, 1.82) is 0 Å². The van der Waals surface area contributed by atoms with Gasteiger partial charge in [0.05, 0.1) is 0 Å². The molecule has 0 aliphatic carbocycles. The summed E-state index contributed by atoms with van der Waals surface area (Å²) in [7, 11) is 0. The maximum atomic E-state index is 8.47. The van der Waals surface area contributed by atoms with Crippen LogP contribution in [0.15, 0.2) is 0 Å². The van der Waals surface area contributed by atoms with Gasteiger partial charge in [-0.1, -0.05) is 0 Å². The molecule has 0 fully saturated rings. The fourth-order valence-corrected chi connectivity index (χ4v) is 0. The fraction of sp³-hybridized carbons (Fsp3) is 0. The van der Waals surface area contributed by atoms with E-state index in [0.29, 0.717) is 0 Å². The molecule has 0 saturated heterocycles. The third-order valence-corrected chi connectivity index (χ3v) is 0. The normalized spacial score (nSPS) is 5.33. The van der Waals surface area contributed by atoms with Crippen molar-refractivity contribution in [2.75, 3.05) is 0 Å². The van der Waals surface area contributed by atoms with Crippen molar-refractivity contribution in [2.45, 2.75) is 0 Å². The average molecular weight is 183 g/mol. The summed E-state index contributed by atoms with van der Waals surface area (Å²) in [6.45, 7) is 0. The number of hydrogen-bond donors (Lipinski definition) is 4. The van der Waals surface area contributed by atoms with E-state index in [1.54, 1.807) is 0 Å². The van der Waals surface area contributed by atoms with Crippen LogP contribution in [0.5, 0.6) is 0 Å². The van der Waals surface area contributed by atoms with Gasteiger partial charge in [0.25, 0.3) is 0 Å². The summed E-state index contributed by atoms with van der Waals surface area (Å²) in [6, 6.07) is 0. The molecular formula is H4MnN2O6+2. The molecule has 4 N–H and O–H groups in total. The van der Waals surface area contributed by atoms with Crippen LogP contribution in [-0.4, -0.2) is 31.0 Å². The van der Waals surface area contributed by atoms with E-state index in [2.05, 4.69) is 0 Å². The van der Waals surface area contributed by atoms with Crippen LogP contribution in [0.4, 0.5) is 0 Å². The maximum absolute atomic E-state index is 8.47. The van der Waals surface area contributed by atoms with E-state index in [1.807, 2.05) is 0 Å². The molecule has 0 aliphatic heterocycles. The van der Waals surface area contributed by atoms with Crippen molar-refractivity contribution >= 4 is 0 Å². The van der Waals surface area contributed by atoms with Crippen molar-refractivity contribution in [3.05, 3.63) is 9.81 Å². The summed E-state index contributed by atoms with van der Waals surface area (Å²) < 4.78 is 0. The van der Waals surface area contributed by atoms with Crippen LogP contribution in [-0.2, 0) is 17.1 Å². The molecule has 1 radical (unpaired) electrons. The van der Waals surface area contributed by atoms with E-state index < -0.39 is 10.2 Å². The van der Waals surface area contributed by atoms with Gasteiger partial charge < -0.3 is 0 Å². The van der Waals surface area contributed by atoms with Crippen LogP contribution in [0.2, 0.25) is 0 Å². The monoisotopic (exact) mass is 183 g/mol. The Morgan fingerprint density at radius 3 is 0.778 bits per heavy atom. The van der Waals surface area contributed by atoms with Crippen molar-refractivity contribution < 1.29 is 48.1 Å². The predicted molar refractivity (Wildman–Crippen MR) is 14.4 cm³/mol. The Bertz CT molecular complexity index is 69.1. The van der Waals surface area contributed by atoms with E-state index in [4.69, 9.17) is 30.6 Å². The summed E-state index contributed by atoms with van der Waals surface area (Å²) in [6.07, 6.45) is 0. The zero-order valence-corrected chi connectivity index (χ0v) is 5.06. The summed E-state index contributed by atoms with van der Waals surface area (Å²) in [5, 5.41) is 25.1. The third-order valence-electron chi connectivity index (χ3n) is 0. The van der Waals surface area contributed by atoms with E-state index in [0.717, 1.165) is 0 Å². The average Bonchev–Trinajstić information content (AvgIpc) is 1.25. The largest absolute Gasteiger partial charge is 0.472 e. The topological polar surface area (TPSA) is 121 Å². The standard InChI is InChI=1S/Mn.2H2NO3/c;2*2-1(3)4/h;2*(H2,2,3,4)/q;2*+1. The Balaban J connectivity index is -0.0000000720. The molecular weight excluding hydrogens is 179 g/mol. The fourth-order valence-electron chi connectivity index (χ4n) is 0. The van der Waals surface area contributed by atoms with E-state index >= 15 is 0 Å². The first-order valence-corrected chi connectivity index (χ1v) is 1.17. The maximum Gasteiger partial charge on any atom is 0.472 e. The van der Waals surface area contributed by atoms with Crippen LogP contribution in [0, 0.1) is 9.81 Å². The van der Waals surface area contributed by atoms with Gasteiger partial charge in [-0.25, -0.2) is 20.8 Å². The van der Waals surface area contributed by atoms with Crippen LogP contribution in [0.25, 0.3) is 0 Å². The molecule has 0 saturated carbocycles. The molecule has 0 bridgehead atoms. The molecule has 0 rings (SSSR count). The molecule has 0 aromatic carbocycles. The molecule has 0 atom stereocenters. The Morgan fingerprint density at radius 2 is 0.778 bits per heavy atom. The van der Waals surface area contributed by atoms with Gasteiger partial charge >= 0.3 is 10.2 Å². The molecule has 0 amide bonds. The van der Waals surface area contributed by atoms with Crippen LogP contribution >= 0.6 is 0 Å². The van der Waals surface area contributed by atoms with Gasteiger partial charge in [-0.2, -0.15) is 0 Å². The summed E-state index contributed by atoms with van der Waals surface area (Å²) in [4.78, 5) is 16.9. The van der Waals surface area contributed by atoms with Gasteiger partial charge in [-0.15, -0.1) is 0 Å². The van der Waals surface area contributed by atoms with Gasteiger partial charge in [0.2, 0.25) is 0 Å². The molecule has 0 unspecified atom stereocenters. The first-order valence-electron chi connectivity index (χ1n) is 1.17. The number of nitrogens with zero attached hydrogens (tertiary/aromatic N) is 2. The molecule has 9 heavy (non-hydrogen) atoms. The minimum absolute atomic E-state index is 0. The van der Waals surface area contributed by atoms with Gasteiger partial charge in [0.1, 0.15) is 9.81 Å². The minimum Gasteiger partial charge on any atom is -0.201 e. The quantitative estimate of drug-likeness (QED) is 0.284. The summed E-state index contributed by atoms with van der Waals surface area (Å²) in [5.74, 6) is 0. The Kier molecular flexibility index (Phi) is 17.4. The minimum atomic E-state index is -1.25. The van der Waals surface area contributed by atoms with Crippen molar-refractivity contribution in [1.82, 2.24) is 0 Å². The molecule has 0 aliphatic rings. The molecule has 55 valence electrons. The Labute approximate surface area is 58.8 Å². The molecule has 0 spiro atoms. The molecule has 0 heterocycles. The molecule has 0 aromatic heterocycles. The van der Waals surface area contributed by atoms with Crippen molar-refractivity contribution in [3.8, 4) is 0 Å². The second kappa shape index (κ2) is 10.0. The smallest absolute Gasteiger partial charge is 0.201 e. The predicted octanol–water partition coefficient (Wildman–Crippen LogP) is -0.915. The first-order chi connectivity index (χ1) is 3.46. The Morgan fingerprint density at radius 1 is 0.778 bits per heavy atom. The van der Waals surface area contributed by atoms with E-state index in [-0.39, 0.29) is 17.1 Å². The van der Waals surface area contributed by atoms with Gasteiger partial charge in [0.15, 0.2) is 0 Å². The van der Waals surface area contributed by atoms with Gasteiger partial charge in [0, 0.05) is 17.1 Å². The molecule has 0 aromatic rings. The van der Waals surface area contributed by atoms with Crippen LogP contribution < -0.4 is 0 Å². The zero-order valence-electron chi connectivity index (χ0n) is 3.88. The summed E-state index contributed by atoms with van der Waals surface area (Å²) in [5.41, 5.74) is 0. The second-order valence-corrected chi connectivity index (χ2v) is 0.505. The SMILES string of the molecule is O=[N+](O)O.O=[N+](O)O.[Mn]. The Hall–Kier alpha value is -1.08. The molecule has 9 heteroatoms. The van der Waals surface area contributed by atoms with Crippen LogP contribution in [0.1, 0.15) is 0 Å². The second-order valence-electron chi connectivity index (χ2n) is 0.505. The number of rotatable bonds is 0. The van der Waals surface area contributed by atoms with Gasteiger partial charge in [-0.05, 0) is 0 Å². The number of hydrogen-bond acceptors (Lipinski definition) is 2. The van der Waals surface area contributed by atoms with E-state index in [9.17, 15) is 0 Å². The zero-order chi connectivity index (χ0) is 7.15. The van der Waals surface area contributed by atoms with E-state index in [1.165, 1.54) is 0 Å². The summed E-state index contributed by atoms with van der Waals surface area (Å²) >= 11 is 0. The third kappa shape index (κ3) is 143.